The third kappa shape index (κ3) is 3.84. The van der Waals surface area contributed by atoms with E-state index in [2.05, 4.69) is 30.6 Å². The van der Waals surface area contributed by atoms with Crippen molar-refractivity contribution in [2.24, 2.45) is 5.73 Å². The molecule has 0 saturated carbocycles. The maximum atomic E-state index is 5.84. The molecule has 0 aromatic carbocycles. The number of unbranched alkanes of at least 4 members (excludes halogenated alkanes) is 2. The average molecular weight is 204 g/mol. The molecule has 1 heterocycles. The Morgan fingerprint density at radius 2 is 2.33 bits per heavy atom. The number of pyridine rings is 1. The molecular weight excluding hydrogens is 184 g/mol. The quantitative estimate of drug-likeness (QED) is 0.571. The standard InChI is InChI=1S/C13H20N2/c1-3-5-6-7-11-8-9-15-13(10-11)12(14)4-2/h4,8-10,12H,2-3,5-7,14H2,1H3. The first kappa shape index (κ1) is 11.9. The van der Waals surface area contributed by atoms with Crippen LogP contribution in [0, 0.1) is 0 Å². The van der Waals surface area contributed by atoms with Gasteiger partial charge in [-0.2, -0.15) is 0 Å². The maximum Gasteiger partial charge on any atom is 0.0653 e. The molecule has 1 aromatic heterocycles. The summed E-state index contributed by atoms with van der Waals surface area (Å²) in [5, 5.41) is 0. The molecule has 0 saturated heterocycles. The molecule has 0 spiro atoms. The highest BCUT2D eigenvalue weighted by Gasteiger charge is 2.03. The van der Waals surface area contributed by atoms with Crippen LogP contribution in [0.15, 0.2) is 31.0 Å². The second-order valence-corrected chi connectivity index (χ2v) is 3.81. The highest BCUT2D eigenvalue weighted by atomic mass is 14.8. The van der Waals surface area contributed by atoms with Gasteiger partial charge in [0.2, 0.25) is 0 Å². The predicted octanol–water partition coefficient (Wildman–Crippen LogP) is 3.00. The fraction of sp³-hybridized carbons (Fsp3) is 0.462. The van der Waals surface area contributed by atoms with E-state index >= 15 is 0 Å². The fourth-order valence-corrected chi connectivity index (χ4v) is 1.53. The van der Waals surface area contributed by atoms with Crippen molar-refractivity contribution in [2.75, 3.05) is 0 Å². The van der Waals surface area contributed by atoms with Crippen LogP contribution in [0.4, 0.5) is 0 Å². The smallest absolute Gasteiger partial charge is 0.0653 e. The molecule has 2 N–H and O–H groups in total. The third-order valence-corrected chi connectivity index (χ3v) is 2.51. The molecule has 0 aliphatic carbocycles. The van der Waals surface area contributed by atoms with Crippen LogP contribution in [0.25, 0.3) is 0 Å². The molecule has 0 aliphatic heterocycles. The largest absolute Gasteiger partial charge is 0.319 e. The normalized spacial score (nSPS) is 12.4. The lowest BCUT2D eigenvalue weighted by molar-refractivity contribution is 0.714. The summed E-state index contributed by atoms with van der Waals surface area (Å²) in [4.78, 5) is 4.24. The zero-order valence-electron chi connectivity index (χ0n) is 9.45. The van der Waals surface area contributed by atoms with Gasteiger partial charge in [0.15, 0.2) is 0 Å². The minimum atomic E-state index is -0.142. The van der Waals surface area contributed by atoms with E-state index in [0.29, 0.717) is 0 Å². The van der Waals surface area contributed by atoms with Gasteiger partial charge in [-0.05, 0) is 30.5 Å². The summed E-state index contributed by atoms with van der Waals surface area (Å²) in [5.41, 5.74) is 8.08. The zero-order chi connectivity index (χ0) is 11.1. The molecule has 0 fully saturated rings. The van der Waals surface area contributed by atoms with Crippen molar-refractivity contribution in [1.82, 2.24) is 4.98 Å². The Morgan fingerprint density at radius 1 is 1.53 bits per heavy atom. The van der Waals surface area contributed by atoms with E-state index in [4.69, 9.17) is 5.73 Å². The summed E-state index contributed by atoms with van der Waals surface area (Å²) in [7, 11) is 0. The topological polar surface area (TPSA) is 38.9 Å². The van der Waals surface area contributed by atoms with Gasteiger partial charge >= 0.3 is 0 Å². The Bertz CT molecular complexity index is 307. The van der Waals surface area contributed by atoms with E-state index < -0.39 is 0 Å². The molecule has 1 rings (SSSR count). The van der Waals surface area contributed by atoms with Crippen LogP contribution in [0.1, 0.15) is 43.5 Å². The van der Waals surface area contributed by atoms with Crippen molar-refractivity contribution in [3.8, 4) is 0 Å². The van der Waals surface area contributed by atoms with Crippen LogP contribution in [-0.2, 0) is 6.42 Å². The minimum Gasteiger partial charge on any atom is -0.319 e. The first-order valence-electron chi connectivity index (χ1n) is 5.61. The van der Waals surface area contributed by atoms with Crippen LogP contribution in [0.5, 0.6) is 0 Å². The summed E-state index contributed by atoms with van der Waals surface area (Å²) in [6.07, 6.45) is 8.45. The molecule has 0 aliphatic rings. The van der Waals surface area contributed by atoms with Gasteiger partial charge in [0.05, 0.1) is 11.7 Å². The van der Waals surface area contributed by atoms with Gasteiger partial charge < -0.3 is 5.73 Å². The summed E-state index contributed by atoms with van der Waals surface area (Å²) in [6.45, 7) is 5.89. The van der Waals surface area contributed by atoms with Gasteiger partial charge in [-0.25, -0.2) is 0 Å². The molecule has 15 heavy (non-hydrogen) atoms. The number of aryl methyl sites for hydroxylation is 1. The number of hydrogen-bond donors (Lipinski definition) is 1. The van der Waals surface area contributed by atoms with Crippen molar-refractivity contribution in [3.63, 3.8) is 0 Å². The molecule has 2 heteroatoms. The molecule has 1 atom stereocenters. The van der Waals surface area contributed by atoms with Crippen molar-refractivity contribution in [3.05, 3.63) is 42.2 Å². The highest BCUT2D eigenvalue weighted by Crippen LogP contribution is 2.12. The molecule has 82 valence electrons. The van der Waals surface area contributed by atoms with E-state index in [-0.39, 0.29) is 6.04 Å². The lowest BCUT2D eigenvalue weighted by atomic mass is 10.1. The number of hydrogen-bond acceptors (Lipinski definition) is 2. The van der Waals surface area contributed by atoms with Gasteiger partial charge in [0, 0.05) is 6.20 Å². The second-order valence-electron chi connectivity index (χ2n) is 3.81. The Hall–Kier alpha value is -1.15. The molecule has 0 amide bonds. The van der Waals surface area contributed by atoms with E-state index in [1.165, 1.54) is 24.8 Å². The number of nitrogens with zero attached hydrogens (tertiary/aromatic N) is 1. The summed E-state index contributed by atoms with van der Waals surface area (Å²) in [6, 6.07) is 4.01. The van der Waals surface area contributed by atoms with E-state index in [9.17, 15) is 0 Å². The van der Waals surface area contributed by atoms with E-state index in [1.54, 1.807) is 6.08 Å². The number of aromatic nitrogens is 1. The lowest BCUT2D eigenvalue weighted by Crippen LogP contribution is -2.08. The maximum absolute atomic E-state index is 5.84. The third-order valence-electron chi connectivity index (χ3n) is 2.51. The van der Waals surface area contributed by atoms with Gasteiger partial charge in [0.1, 0.15) is 0 Å². The Kier molecular flexibility index (Phi) is 5.05. The Morgan fingerprint density at radius 3 is 3.00 bits per heavy atom. The van der Waals surface area contributed by atoms with E-state index in [0.717, 1.165) is 12.1 Å². The van der Waals surface area contributed by atoms with Crippen LogP contribution < -0.4 is 5.73 Å². The summed E-state index contributed by atoms with van der Waals surface area (Å²) < 4.78 is 0. The molecular formula is C13H20N2. The van der Waals surface area contributed by atoms with Crippen molar-refractivity contribution >= 4 is 0 Å². The minimum absolute atomic E-state index is 0.142. The molecule has 0 radical (unpaired) electrons. The van der Waals surface area contributed by atoms with Crippen molar-refractivity contribution in [2.45, 2.75) is 38.6 Å². The zero-order valence-corrected chi connectivity index (χ0v) is 9.45. The monoisotopic (exact) mass is 204 g/mol. The molecule has 1 aromatic rings. The van der Waals surface area contributed by atoms with Gasteiger partial charge in [-0.15, -0.1) is 6.58 Å². The molecule has 0 bridgehead atoms. The summed E-state index contributed by atoms with van der Waals surface area (Å²) >= 11 is 0. The second kappa shape index (κ2) is 6.36. The lowest BCUT2D eigenvalue weighted by Gasteiger charge is -2.07. The molecule has 1 unspecified atom stereocenters. The highest BCUT2D eigenvalue weighted by molar-refractivity contribution is 5.21. The Labute approximate surface area is 92.2 Å². The first-order chi connectivity index (χ1) is 7.27. The van der Waals surface area contributed by atoms with Crippen molar-refractivity contribution in [1.29, 1.82) is 0 Å². The molecule has 2 nitrogen and oxygen atoms in total. The van der Waals surface area contributed by atoms with Crippen LogP contribution in [0.2, 0.25) is 0 Å². The van der Waals surface area contributed by atoms with Gasteiger partial charge in [-0.1, -0.05) is 25.8 Å². The van der Waals surface area contributed by atoms with Crippen LogP contribution in [-0.4, -0.2) is 4.98 Å². The van der Waals surface area contributed by atoms with Crippen LogP contribution in [0.3, 0.4) is 0 Å². The first-order valence-corrected chi connectivity index (χ1v) is 5.61. The van der Waals surface area contributed by atoms with Gasteiger partial charge in [0.25, 0.3) is 0 Å². The number of nitrogens with two attached hydrogens (primary N) is 1. The Balaban J connectivity index is 2.61. The predicted molar refractivity (Wildman–Crippen MR) is 64.6 cm³/mol. The van der Waals surface area contributed by atoms with E-state index in [1.807, 2.05) is 6.20 Å². The fourth-order valence-electron chi connectivity index (χ4n) is 1.53. The van der Waals surface area contributed by atoms with Crippen molar-refractivity contribution < 1.29 is 0 Å². The number of rotatable bonds is 6. The SMILES string of the molecule is C=CC(N)c1cc(CCCCC)ccn1. The average Bonchev–Trinajstić information content (AvgIpc) is 2.29. The van der Waals surface area contributed by atoms with Crippen LogP contribution >= 0.6 is 0 Å². The van der Waals surface area contributed by atoms with Gasteiger partial charge in [-0.3, -0.25) is 4.98 Å². The summed E-state index contributed by atoms with van der Waals surface area (Å²) in [5.74, 6) is 0.